The summed E-state index contributed by atoms with van der Waals surface area (Å²) in [6, 6.07) is 0.672. The molecule has 0 aromatic rings. The molecule has 106 valence electrons. The molecule has 0 spiro atoms. The summed E-state index contributed by atoms with van der Waals surface area (Å²) in [5.74, 6) is 0.958. The Balaban J connectivity index is 2.00. The van der Waals surface area contributed by atoms with Crippen molar-refractivity contribution in [2.24, 2.45) is 11.7 Å². The molecule has 0 aromatic carbocycles. The van der Waals surface area contributed by atoms with Gasteiger partial charge in [-0.1, -0.05) is 13.3 Å². The fraction of sp³-hybridized carbons (Fsp3) is 1.00. The lowest BCUT2D eigenvalue weighted by atomic mass is 9.80. The lowest BCUT2D eigenvalue weighted by molar-refractivity contribution is -0.00935. The number of likely N-dealkylation sites (tertiary alicyclic amines) is 2. The molecule has 2 unspecified atom stereocenters. The van der Waals surface area contributed by atoms with Gasteiger partial charge in [0.2, 0.25) is 0 Å². The van der Waals surface area contributed by atoms with Crippen LogP contribution in [0.15, 0.2) is 0 Å². The van der Waals surface area contributed by atoms with Gasteiger partial charge in [0.05, 0.1) is 0 Å². The van der Waals surface area contributed by atoms with E-state index in [-0.39, 0.29) is 0 Å². The third-order valence-corrected chi connectivity index (χ3v) is 5.60. The quantitative estimate of drug-likeness (QED) is 0.834. The highest BCUT2D eigenvalue weighted by molar-refractivity contribution is 4.99. The molecule has 2 aliphatic rings. The molecule has 2 N–H and O–H groups in total. The molecule has 0 aliphatic carbocycles. The molecule has 2 saturated heterocycles. The third kappa shape index (κ3) is 2.73. The highest BCUT2D eigenvalue weighted by Crippen LogP contribution is 2.34. The number of rotatable bonds is 3. The Morgan fingerprint density at radius 1 is 1.22 bits per heavy atom. The van der Waals surface area contributed by atoms with E-state index in [1.165, 1.54) is 51.7 Å². The zero-order valence-electron chi connectivity index (χ0n) is 12.5. The van der Waals surface area contributed by atoms with Crippen molar-refractivity contribution in [1.82, 2.24) is 9.80 Å². The van der Waals surface area contributed by atoms with Gasteiger partial charge >= 0.3 is 0 Å². The maximum atomic E-state index is 6.18. The molecular weight excluding hydrogens is 222 g/mol. The van der Waals surface area contributed by atoms with Gasteiger partial charge in [-0.05, 0) is 65.2 Å². The first kappa shape index (κ1) is 14.3. The van der Waals surface area contributed by atoms with Crippen LogP contribution in [-0.2, 0) is 0 Å². The van der Waals surface area contributed by atoms with Crippen LogP contribution in [-0.4, -0.2) is 54.6 Å². The van der Waals surface area contributed by atoms with Gasteiger partial charge in [0.15, 0.2) is 0 Å². The van der Waals surface area contributed by atoms with Crippen LogP contribution in [0, 0.1) is 5.92 Å². The van der Waals surface area contributed by atoms with E-state index in [1.807, 2.05) is 0 Å². The maximum Gasteiger partial charge on any atom is 0.0358 e. The summed E-state index contributed by atoms with van der Waals surface area (Å²) < 4.78 is 0. The average Bonchev–Trinajstić information content (AvgIpc) is 2.42. The molecule has 2 rings (SSSR count). The van der Waals surface area contributed by atoms with Gasteiger partial charge in [-0.2, -0.15) is 0 Å². The molecule has 3 heteroatoms. The topological polar surface area (TPSA) is 32.5 Å². The number of hydrogen-bond acceptors (Lipinski definition) is 3. The summed E-state index contributed by atoms with van der Waals surface area (Å²) in [6.45, 7) is 9.26. The predicted molar refractivity (Wildman–Crippen MR) is 77.7 cm³/mol. The first-order chi connectivity index (χ1) is 8.61. The Kier molecular flexibility index (Phi) is 4.68. The molecule has 2 heterocycles. The third-order valence-electron chi connectivity index (χ3n) is 5.60. The maximum absolute atomic E-state index is 6.18. The highest BCUT2D eigenvalue weighted by atomic mass is 15.3. The second kappa shape index (κ2) is 5.89. The van der Waals surface area contributed by atoms with E-state index in [0.717, 1.165) is 12.5 Å². The summed E-state index contributed by atoms with van der Waals surface area (Å²) in [5.41, 5.74) is 6.48. The van der Waals surface area contributed by atoms with E-state index in [9.17, 15) is 0 Å². The van der Waals surface area contributed by atoms with Crippen molar-refractivity contribution in [3.05, 3.63) is 0 Å². The zero-order valence-corrected chi connectivity index (χ0v) is 12.5. The lowest BCUT2D eigenvalue weighted by Gasteiger charge is -2.52. The number of hydrogen-bond donors (Lipinski definition) is 1. The molecule has 2 atom stereocenters. The smallest absolute Gasteiger partial charge is 0.0358 e. The van der Waals surface area contributed by atoms with E-state index in [4.69, 9.17) is 5.73 Å². The minimum absolute atomic E-state index is 0.296. The van der Waals surface area contributed by atoms with Gasteiger partial charge in [-0.25, -0.2) is 0 Å². The fourth-order valence-corrected chi connectivity index (χ4v) is 3.83. The second-order valence-corrected chi connectivity index (χ2v) is 6.55. The predicted octanol–water partition coefficient (Wildman–Crippen LogP) is 1.92. The largest absolute Gasteiger partial charge is 0.329 e. The van der Waals surface area contributed by atoms with E-state index in [1.54, 1.807) is 0 Å². The van der Waals surface area contributed by atoms with E-state index in [2.05, 4.69) is 30.7 Å². The Bertz CT molecular complexity index is 260. The van der Waals surface area contributed by atoms with Crippen LogP contribution in [0.3, 0.4) is 0 Å². The Morgan fingerprint density at radius 3 is 2.39 bits per heavy atom. The number of piperidine rings is 2. The van der Waals surface area contributed by atoms with Gasteiger partial charge in [-0.15, -0.1) is 0 Å². The normalized spacial score (nSPS) is 37.0. The summed E-state index contributed by atoms with van der Waals surface area (Å²) in [6.07, 6.45) is 6.60. The molecule has 2 aliphatic heterocycles. The van der Waals surface area contributed by atoms with Crippen LogP contribution in [0.25, 0.3) is 0 Å². The first-order valence-corrected chi connectivity index (χ1v) is 7.76. The molecule has 0 aromatic heterocycles. The van der Waals surface area contributed by atoms with Crippen molar-refractivity contribution >= 4 is 0 Å². The van der Waals surface area contributed by atoms with Crippen LogP contribution >= 0.6 is 0 Å². The van der Waals surface area contributed by atoms with E-state index >= 15 is 0 Å². The SMILES string of the molecule is CCC1CCN(C2(CN)CCN(C)C(C)C2)CC1. The number of nitrogens with zero attached hydrogens (tertiary/aromatic N) is 2. The van der Waals surface area contributed by atoms with Crippen molar-refractivity contribution in [2.75, 3.05) is 33.2 Å². The van der Waals surface area contributed by atoms with Crippen molar-refractivity contribution in [3.63, 3.8) is 0 Å². The van der Waals surface area contributed by atoms with Crippen molar-refractivity contribution in [2.45, 2.75) is 57.5 Å². The molecule has 2 fully saturated rings. The van der Waals surface area contributed by atoms with Crippen LogP contribution < -0.4 is 5.73 Å². The van der Waals surface area contributed by atoms with Gasteiger partial charge < -0.3 is 10.6 Å². The standard InChI is InChI=1S/C15H31N3/c1-4-14-5-8-18(9-6-14)15(12-16)7-10-17(3)13(2)11-15/h13-14H,4-12,16H2,1-3H3. The molecular formula is C15H31N3. The Hall–Kier alpha value is -0.120. The molecule has 0 amide bonds. The number of nitrogens with two attached hydrogens (primary N) is 1. The van der Waals surface area contributed by atoms with E-state index in [0.29, 0.717) is 11.6 Å². The van der Waals surface area contributed by atoms with Gasteiger partial charge in [-0.3, -0.25) is 4.90 Å². The second-order valence-electron chi connectivity index (χ2n) is 6.55. The monoisotopic (exact) mass is 253 g/mol. The fourth-order valence-electron chi connectivity index (χ4n) is 3.83. The van der Waals surface area contributed by atoms with Crippen molar-refractivity contribution in [1.29, 1.82) is 0 Å². The summed E-state index contributed by atoms with van der Waals surface area (Å²) in [5, 5.41) is 0. The molecule has 18 heavy (non-hydrogen) atoms. The summed E-state index contributed by atoms with van der Waals surface area (Å²) in [4.78, 5) is 5.20. The molecule has 0 radical (unpaired) electrons. The van der Waals surface area contributed by atoms with Crippen LogP contribution in [0.2, 0.25) is 0 Å². The summed E-state index contributed by atoms with van der Waals surface area (Å²) >= 11 is 0. The Labute approximate surface area is 113 Å². The van der Waals surface area contributed by atoms with Crippen molar-refractivity contribution < 1.29 is 0 Å². The van der Waals surface area contributed by atoms with Gasteiger partial charge in [0.25, 0.3) is 0 Å². The van der Waals surface area contributed by atoms with E-state index < -0.39 is 0 Å². The Morgan fingerprint density at radius 2 is 1.89 bits per heavy atom. The minimum atomic E-state index is 0.296. The molecule has 3 nitrogen and oxygen atoms in total. The minimum Gasteiger partial charge on any atom is -0.329 e. The van der Waals surface area contributed by atoms with Gasteiger partial charge in [0, 0.05) is 18.1 Å². The van der Waals surface area contributed by atoms with Crippen molar-refractivity contribution in [3.8, 4) is 0 Å². The zero-order chi connectivity index (χ0) is 13.2. The van der Waals surface area contributed by atoms with Crippen LogP contribution in [0.5, 0.6) is 0 Å². The molecule has 0 saturated carbocycles. The van der Waals surface area contributed by atoms with Crippen LogP contribution in [0.4, 0.5) is 0 Å². The molecule has 0 bridgehead atoms. The average molecular weight is 253 g/mol. The highest BCUT2D eigenvalue weighted by Gasteiger charge is 2.41. The summed E-state index contributed by atoms with van der Waals surface area (Å²) in [7, 11) is 2.24. The van der Waals surface area contributed by atoms with Gasteiger partial charge in [0.1, 0.15) is 0 Å². The first-order valence-electron chi connectivity index (χ1n) is 7.76. The lowest BCUT2D eigenvalue weighted by Crippen LogP contribution is -2.62. The van der Waals surface area contributed by atoms with Crippen LogP contribution in [0.1, 0.15) is 46.0 Å².